The number of carboxylic acids is 1. The van der Waals surface area contributed by atoms with E-state index < -0.39 is 5.97 Å². The number of carboxylic acid groups (broad SMARTS) is 1. The first-order chi connectivity index (χ1) is 12.6. The summed E-state index contributed by atoms with van der Waals surface area (Å²) in [6.07, 6.45) is 13.2. The summed E-state index contributed by atoms with van der Waals surface area (Å²) in [6, 6.07) is 4.95. The summed E-state index contributed by atoms with van der Waals surface area (Å²) in [5.41, 5.74) is 8.52. The molecule has 0 radical (unpaired) electrons. The molecular weight excluding hydrogens is 332 g/mol. The van der Waals surface area contributed by atoms with E-state index in [1.807, 2.05) is 19.1 Å². The van der Waals surface area contributed by atoms with Crippen molar-refractivity contribution in [3.63, 3.8) is 0 Å². The highest BCUT2D eigenvalue weighted by Gasteiger charge is 2.38. The van der Waals surface area contributed by atoms with Crippen LogP contribution in [-0.4, -0.2) is 11.1 Å². The van der Waals surface area contributed by atoms with E-state index in [2.05, 4.69) is 45.9 Å². The van der Waals surface area contributed by atoms with Crippen LogP contribution in [0.25, 0.3) is 5.57 Å². The van der Waals surface area contributed by atoms with E-state index in [9.17, 15) is 4.79 Å². The zero-order valence-electron chi connectivity index (χ0n) is 17.4. The predicted molar refractivity (Wildman–Crippen MR) is 113 cm³/mol. The molecule has 27 heavy (non-hydrogen) atoms. The lowest BCUT2D eigenvalue weighted by atomic mass is 9.62. The van der Waals surface area contributed by atoms with E-state index in [0.717, 1.165) is 18.4 Å². The average molecular weight is 365 g/mol. The topological polar surface area (TPSA) is 37.3 Å². The lowest BCUT2D eigenvalue weighted by Gasteiger charge is -2.43. The number of hydrogen-bond donors (Lipinski definition) is 1. The van der Waals surface area contributed by atoms with Gasteiger partial charge in [-0.2, -0.15) is 0 Å². The normalized spacial score (nSPS) is 22.6. The standard InChI is InChI=1S/C25H32O2/c1-17(14-23(26)27)8-6-9-18-10-7-11-19-15-21-22(16-20(18)19)25(4,5)13-12-24(21,2)3/h6,8-9,14-16H,7,10-13H2,1-5H3,(H,26,27)/b8-6+,17-14+,18-9+. The van der Waals surface area contributed by atoms with Crippen molar-refractivity contribution in [2.75, 3.05) is 0 Å². The molecule has 2 heteroatoms. The van der Waals surface area contributed by atoms with Crippen LogP contribution in [0.5, 0.6) is 0 Å². The summed E-state index contributed by atoms with van der Waals surface area (Å²) in [7, 11) is 0. The molecule has 3 rings (SSSR count). The summed E-state index contributed by atoms with van der Waals surface area (Å²) in [5, 5.41) is 8.84. The quantitative estimate of drug-likeness (QED) is 0.502. The second kappa shape index (κ2) is 7.14. The first-order valence-corrected chi connectivity index (χ1v) is 10.1. The maximum atomic E-state index is 10.8. The van der Waals surface area contributed by atoms with Gasteiger partial charge in [-0.25, -0.2) is 4.79 Å². The van der Waals surface area contributed by atoms with Gasteiger partial charge in [0.2, 0.25) is 0 Å². The predicted octanol–water partition coefficient (Wildman–Crippen LogP) is 6.34. The first kappa shape index (κ1) is 19.7. The number of allylic oxidation sites excluding steroid dienone is 5. The third-order valence-electron chi connectivity index (χ3n) is 6.32. The van der Waals surface area contributed by atoms with Crippen molar-refractivity contribution < 1.29 is 9.90 Å². The van der Waals surface area contributed by atoms with E-state index in [-0.39, 0.29) is 10.8 Å². The highest BCUT2D eigenvalue weighted by atomic mass is 16.4. The van der Waals surface area contributed by atoms with Crippen molar-refractivity contribution in [1.82, 2.24) is 0 Å². The van der Waals surface area contributed by atoms with Gasteiger partial charge in [-0.3, -0.25) is 0 Å². The highest BCUT2D eigenvalue weighted by molar-refractivity contribution is 5.81. The minimum absolute atomic E-state index is 0.221. The molecule has 0 spiro atoms. The molecule has 0 heterocycles. The molecule has 144 valence electrons. The fraction of sp³-hybridized carbons (Fsp3) is 0.480. The fourth-order valence-electron chi connectivity index (χ4n) is 4.50. The van der Waals surface area contributed by atoms with E-state index in [1.165, 1.54) is 53.2 Å². The van der Waals surface area contributed by atoms with Crippen molar-refractivity contribution in [3.05, 3.63) is 64.3 Å². The molecule has 2 aliphatic rings. The average Bonchev–Trinajstić information content (AvgIpc) is 2.57. The molecule has 2 nitrogen and oxygen atoms in total. The molecule has 0 bridgehead atoms. The van der Waals surface area contributed by atoms with E-state index in [0.29, 0.717) is 0 Å². The van der Waals surface area contributed by atoms with Gasteiger partial charge in [0.15, 0.2) is 0 Å². The van der Waals surface area contributed by atoms with Crippen molar-refractivity contribution in [2.24, 2.45) is 0 Å². The summed E-state index contributed by atoms with van der Waals surface area (Å²) in [6.45, 7) is 11.3. The maximum absolute atomic E-state index is 10.8. The summed E-state index contributed by atoms with van der Waals surface area (Å²) >= 11 is 0. The Balaban J connectivity index is 2.02. The van der Waals surface area contributed by atoms with Crippen LogP contribution in [0.4, 0.5) is 0 Å². The van der Waals surface area contributed by atoms with Crippen LogP contribution in [0, 0.1) is 0 Å². The summed E-state index contributed by atoms with van der Waals surface area (Å²) in [5.74, 6) is -0.899. The van der Waals surface area contributed by atoms with Crippen molar-refractivity contribution in [1.29, 1.82) is 0 Å². The second-order valence-corrected chi connectivity index (χ2v) is 9.45. The molecule has 0 fully saturated rings. The molecule has 0 saturated heterocycles. The third kappa shape index (κ3) is 4.10. The molecule has 0 aromatic heterocycles. The molecule has 0 aliphatic heterocycles. The number of carbonyl (C=O) groups is 1. The molecule has 0 saturated carbocycles. The Kier molecular flexibility index (Phi) is 5.20. The van der Waals surface area contributed by atoms with Gasteiger partial charge in [0.05, 0.1) is 0 Å². The van der Waals surface area contributed by atoms with Crippen LogP contribution in [-0.2, 0) is 22.0 Å². The Hall–Kier alpha value is -2.09. The molecule has 1 aromatic carbocycles. The lowest BCUT2D eigenvalue weighted by Crippen LogP contribution is -2.34. The van der Waals surface area contributed by atoms with Gasteiger partial charge >= 0.3 is 5.97 Å². The smallest absolute Gasteiger partial charge is 0.328 e. The van der Waals surface area contributed by atoms with E-state index in [4.69, 9.17) is 5.11 Å². The zero-order valence-corrected chi connectivity index (χ0v) is 17.4. The van der Waals surface area contributed by atoms with Crippen LogP contribution in [0.2, 0.25) is 0 Å². The Bertz CT molecular complexity index is 847. The number of hydrogen-bond acceptors (Lipinski definition) is 1. The number of benzene rings is 1. The Morgan fingerprint density at radius 2 is 1.67 bits per heavy atom. The molecule has 1 N–H and O–H groups in total. The van der Waals surface area contributed by atoms with Crippen LogP contribution in [0.15, 0.2) is 42.0 Å². The molecular formula is C25H32O2. The number of rotatable bonds is 3. The Labute approximate surface area is 163 Å². The molecule has 0 atom stereocenters. The zero-order chi connectivity index (χ0) is 19.8. The van der Waals surface area contributed by atoms with Gasteiger partial charge in [-0.15, -0.1) is 0 Å². The molecule has 1 aromatic rings. The monoisotopic (exact) mass is 364 g/mol. The van der Waals surface area contributed by atoms with Crippen molar-refractivity contribution in [3.8, 4) is 0 Å². The minimum atomic E-state index is -0.899. The minimum Gasteiger partial charge on any atom is -0.478 e. The van der Waals surface area contributed by atoms with E-state index in [1.54, 1.807) is 0 Å². The van der Waals surface area contributed by atoms with Gasteiger partial charge in [-0.1, -0.05) is 58.1 Å². The largest absolute Gasteiger partial charge is 0.478 e. The number of fused-ring (bicyclic) bond motifs is 2. The van der Waals surface area contributed by atoms with Gasteiger partial charge < -0.3 is 5.11 Å². The van der Waals surface area contributed by atoms with Crippen LogP contribution in [0.1, 0.15) is 82.6 Å². The van der Waals surface area contributed by atoms with Crippen LogP contribution >= 0.6 is 0 Å². The SMILES string of the molecule is CC(/C=C/C=C1\CCCc2cc3c(cc21)C(C)(C)CCC3(C)C)=C\C(=O)O. The van der Waals surface area contributed by atoms with Crippen LogP contribution < -0.4 is 0 Å². The Morgan fingerprint density at radius 1 is 1.04 bits per heavy atom. The van der Waals surface area contributed by atoms with Crippen LogP contribution in [0.3, 0.4) is 0 Å². The first-order valence-electron chi connectivity index (χ1n) is 10.1. The maximum Gasteiger partial charge on any atom is 0.328 e. The number of aliphatic carboxylic acids is 1. The van der Waals surface area contributed by atoms with Crippen molar-refractivity contribution >= 4 is 11.5 Å². The summed E-state index contributed by atoms with van der Waals surface area (Å²) < 4.78 is 0. The molecule has 0 unspecified atom stereocenters. The highest BCUT2D eigenvalue weighted by Crippen LogP contribution is 2.48. The fourth-order valence-corrected chi connectivity index (χ4v) is 4.50. The van der Waals surface area contributed by atoms with Crippen molar-refractivity contribution in [2.45, 2.75) is 77.6 Å². The second-order valence-electron chi connectivity index (χ2n) is 9.45. The van der Waals surface area contributed by atoms with Gasteiger partial charge in [-0.05, 0) is 83.3 Å². The summed E-state index contributed by atoms with van der Waals surface area (Å²) in [4.78, 5) is 10.8. The van der Waals surface area contributed by atoms with E-state index >= 15 is 0 Å². The molecule has 0 amide bonds. The lowest BCUT2D eigenvalue weighted by molar-refractivity contribution is -0.131. The third-order valence-corrected chi connectivity index (χ3v) is 6.32. The Morgan fingerprint density at radius 3 is 2.30 bits per heavy atom. The molecule has 2 aliphatic carbocycles. The number of aryl methyl sites for hydroxylation is 1. The van der Waals surface area contributed by atoms with Gasteiger partial charge in [0.1, 0.15) is 0 Å². The van der Waals surface area contributed by atoms with Gasteiger partial charge in [0, 0.05) is 6.08 Å². The van der Waals surface area contributed by atoms with Gasteiger partial charge in [0.25, 0.3) is 0 Å².